The van der Waals surface area contributed by atoms with E-state index in [4.69, 9.17) is 0 Å². The van der Waals surface area contributed by atoms with Crippen LogP contribution in [0.15, 0.2) is 18.9 Å². The monoisotopic (exact) mass is 248 g/mol. The largest absolute Gasteiger partial charge is 0.341 e. The lowest BCUT2D eigenvalue weighted by atomic mass is 10.2. The molecule has 0 unspecified atom stereocenters. The number of hydrogen-bond donors (Lipinski definition) is 1. The summed E-state index contributed by atoms with van der Waals surface area (Å²) in [7, 11) is 1.79. The summed E-state index contributed by atoms with van der Waals surface area (Å²) in [6.07, 6.45) is 5.39. The number of nitrogens with zero attached hydrogens (tertiary/aromatic N) is 5. The summed E-state index contributed by atoms with van der Waals surface area (Å²) in [6.45, 7) is 3.11. The molecule has 0 aliphatic rings. The van der Waals surface area contributed by atoms with Gasteiger partial charge in [-0.05, 0) is 6.92 Å². The Morgan fingerprint density at radius 1 is 1.44 bits per heavy atom. The third kappa shape index (κ3) is 2.93. The summed E-state index contributed by atoms with van der Waals surface area (Å²) in [5.41, 5.74) is 2.03. The van der Waals surface area contributed by atoms with Gasteiger partial charge < -0.3 is 9.47 Å². The van der Waals surface area contributed by atoms with Gasteiger partial charge in [-0.1, -0.05) is 0 Å². The van der Waals surface area contributed by atoms with Crippen LogP contribution in [0.25, 0.3) is 0 Å². The number of nitrogens with one attached hydrogen (secondary N) is 1. The van der Waals surface area contributed by atoms with Crippen molar-refractivity contribution in [1.82, 2.24) is 29.9 Å². The molecule has 18 heavy (non-hydrogen) atoms. The van der Waals surface area contributed by atoms with Crippen LogP contribution in [0.3, 0.4) is 0 Å². The first kappa shape index (κ1) is 12.3. The molecule has 7 heteroatoms. The van der Waals surface area contributed by atoms with Gasteiger partial charge in [0.25, 0.3) is 0 Å². The van der Waals surface area contributed by atoms with E-state index in [1.165, 1.54) is 0 Å². The van der Waals surface area contributed by atoms with E-state index in [-0.39, 0.29) is 5.91 Å². The topological polar surface area (TPSA) is 79.7 Å². The molecule has 2 aromatic rings. The molecule has 0 aliphatic carbocycles. The molecule has 2 aromatic heterocycles. The highest BCUT2D eigenvalue weighted by Crippen LogP contribution is 2.07. The van der Waals surface area contributed by atoms with Gasteiger partial charge in [-0.2, -0.15) is 5.10 Å². The zero-order valence-electron chi connectivity index (χ0n) is 10.5. The van der Waals surface area contributed by atoms with Crippen molar-refractivity contribution in [3.63, 3.8) is 0 Å². The van der Waals surface area contributed by atoms with Gasteiger partial charge in [-0.15, -0.1) is 10.2 Å². The van der Waals surface area contributed by atoms with Crippen LogP contribution in [0.5, 0.6) is 0 Å². The second-order valence-corrected chi connectivity index (χ2v) is 4.22. The Kier molecular flexibility index (Phi) is 3.71. The number of hydrogen-bond acceptors (Lipinski definition) is 4. The van der Waals surface area contributed by atoms with E-state index >= 15 is 0 Å². The number of carbonyl (C=O) groups excluding carboxylic acids is 1. The Morgan fingerprint density at radius 3 is 2.78 bits per heavy atom. The van der Waals surface area contributed by atoms with Crippen molar-refractivity contribution >= 4 is 5.91 Å². The predicted octanol–water partition coefficient (Wildman–Crippen LogP) is 0.358. The van der Waals surface area contributed by atoms with Crippen LogP contribution in [0, 0.1) is 6.92 Å². The van der Waals surface area contributed by atoms with Crippen LogP contribution in [0.2, 0.25) is 0 Å². The Morgan fingerprint density at radius 2 is 2.17 bits per heavy atom. The van der Waals surface area contributed by atoms with Crippen LogP contribution in [-0.2, 0) is 17.9 Å². The fraction of sp³-hybridized carbons (Fsp3) is 0.455. The first-order chi connectivity index (χ1) is 8.66. The highest BCUT2D eigenvalue weighted by molar-refractivity contribution is 5.75. The van der Waals surface area contributed by atoms with Gasteiger partial charge in [0.15, 0.2) is 0 Å². The highest BCUT2D eigenvalue weighted by Gasteiger charge is 2.11. The smallest absolute Gasteiger partial charge is 0.224 e. The fourth-order valence-corrected chi connectivity index (χ4v) is 1.63. The third-order valence-electron chi connectivity index (χ3n) is 2.82. The van der Waals surface area contributed by atoms with Crippen LogP contribution in [0.4, 0.5) is 0 Å². The molecule has 0 aliphatic heterocycles. The molecule has 0 fully saturated rings. The number of rotatable bonds is 5. The molecule has 0 radical (unpaired) electrons. The Labute approximate surface area is 105 Å². The summed E-state index contributed by atoms with van der Waals surface area (Å²) >= 11 is 0. The molecule has 0 bridgehead atoms. The minimum Gasteiger partial charge on any atom is -0.341 e. The van der Waals surface area contributed by atoms with Crippen LogP contribution < -0.4 is 0 Å². The Bertz CT molecular complexity index is 503. The van der Waals surface area contributed by atoms with Crippen molar-refractivity contribution in [2.45, 2.75) is 26.4 Å². The molecular formula is C11H16N6O. The van der Waals surface area contributed by atoms with Gasteiger partial charge in [0.1, 0.15) is 12.7 Å². The number of aromatic amines is 1. The molecule has 96 valence electrons. The second-order valence-electron chi connectivity index (χ2n) is 4.22. The van der Waals surface area contributed by atoms with Crippen molar-refractivity contribution < 1.29 is 4.79 Å². The van der Waals surface area contributed by atoms with Crippen LogP contribution >= 0.6 is 0 Å². The molecule has 0 atom stereocenters. The number of aromatic nitrogens is 5. The van der Waals surface area contributed by atoms with Crippen LogP contribution in [0.1, 0.15) is 17.7 Å². The predicted molar refractivity (Wildman–Crippen MR) is 64.4 cm³/mol. The minimum atomic E-state index is 0.0873. The SMILES string of the molecule is Cc1[nH]ncc1CN(C)C(=O)CCn1cnnc1. The number of H-pyrrole nitrogens is 1. The van der Waals surface area contributed by atoms with Gasteiger partial charge in [-0.3, -0.25) is 9.89 Å². The van der Waals surface area contributed by atoms with E-state index < -0.39 is 0 Å². The Hall–Kier alpha value is -2.18. The lowest BCUT2D eigenvalue weighted by Gasteiger charge is -2.16. The number of amides is 1. The average molecular weight is 248 g/mol. The zero-order valence-corrected chi connectivity index (χ0v) is 10.5. The van der Waals surface area contributed by atoms with E-state index in [1.807, 2.05) is 6.92 Å². The van der Waals surface area contributed by atoms with E-state index in [0.29, 0.717) is 19.5 Å². The van der Waals surface area contributed by atoms with E-state index in [0.717, 1.165) is 11.3 Å². The van der Waals surface area contributed by atoms with Gasteiger partial charge in [0.05, 0.1) is 6.20 Å². The van der Waals surface area contributed by atoms with Crippen molar-refractivity contribution in [2.75, 3.05) is 7.05 Å². The van der Waals surface area contributed by atoms with Crippen molar-refractivity contribution in [1.29, 1.82) is 0 Å². The first-order valence-electron chi connectivity index (χ1n) is 5.72. The summed E-state index contributed by atoms with van der Waals surface area (Å²) in [6, 6.07) is 0. The van der Waals surface area contributed by atoms with Crippen molar-refractivity contribution in [3.8, 4) is 0 Å². The van der Waals surface area contributed by atoms with Gasteiger partial charge >= 0.3 is 0 Å². The van der Waals surface area contributed by atoms with E-state index in [9.17, 15) is 4.79 Å². The summed E-state index contributed by atoms with van der Waals surface area (Å²) < 4.78 is 1.79. The molecule has 1 N–H and O–H groups in total. The maximum Gasteiger partial charge on any atom is 0.224 e. The maximum absolute atomic E-state index is 11.9. The third-order valence-corrected chi connectivity index (χ3v) is 2.82. The summed E-state index contributed by atoms with van der Waals surface area (Å²) in [5.74, 6) is 0.0873. The molecule has 0 spiro atoms. The molecule has 0 saturated carbocycles. The fourth-order valence-electron chi connectivity index (χ4n) is 1.63. The first-order valence-corrected chi connectivity index (χ1v) is 5.72. The number of carbonyl (C=O) groups is 1. The maximum atomic E-state index is 11.9. The Balaban J connectivity index is 1.83. The quantitative estimate of drug-likeness (QED) is 0.828. The standard InChI is InChI=1S/C11H16N6O/c1-9-10(5-12-15-9)6-16(2)11(18)3-4-17-7-13-14-8-17/h5,7-8H,3-4,6H2,1-2H3,(H,12,15). The second kappa shape index (κ2) is 5.44. The normalized spacial score (nSPS) is 10.6. The van der Waals surface area contributed by atoms with Gasteiger partial charge in [-0.25, -0.2) is 0 Å². The van der Waals surface area contributed by atoms with Gasteiger partial charge in [0.2, 0.25) is 5.91 Å². The van der Waals surface area contributed by atoms with E-state index in [2.05, 4.69) is 20.4 Å². The zero-order chi connectivity index (χ0) is 13.0. The number of aryl methyl sites for hydroxylation is 2. The highest BCUT2D eigenvalue weighted by atomic mass is 16.2. The molecule has 2 rings (SSSR count). The summed E-state index contributed by atoms with van der Waals surface area (Å²) in [4.78, 5) is 13.6. The molecule has 2 heterocycles. The van der Waals surface area contributed by atoms with Crippen molar-refractivity contribution in [3.05, 3.63) is 30.1 Å². The lowest BCUT2D eigenvalue weighted by Crippen LogP contribution is -2.27. The van der Waals surface area contributed by atoms with Crippen molar-refractivity contribution in [2.24, 2.45) is 0 Å². The lowest BCUT2D eigenvalue weighted by molar-refractivity contribution is -0.130. The van der Waals surface area contributed by atoms with Crippen LogP contribution in [-0.4, -0.2) is 42.8 Å². The molecule has 1 amide bonds. The van der Waals surface area contributed by atoms with E-state index in [1.54, 1.807) is 35.4 Å². The molecule has 0 saturated heterocycles. The molecule has 7 nitrogen and oxygen atoms in total. The average Bonchev–Trinajstić information content (AvgIpc) is 2.99. The van der Waals surface area contributed by atoms with Gasteiger partial charge in [0, 0.05) is 37.8 Å². The summed E-state index contributed by atoms with van der Waals surface area (Å²) in [5, 5.41) is 14.2. The minimum absolute atomic E-state index is 0.0873. The molecule has 0 aromatic carbocycles. The molecular weight excluding hydrogens is 232 g/mol.